The zero-order valence-electron chi connectivity index (χ0n) is 19.7. The van der Waals surface area contributed by atoms with Crippen LogP contribution in [0.3, 0.4) is 0 Å². The second-order valence-corrected chi connectivity index (χ2v) is 9.72. The van der Waals surface area contributed by atoms with Gasteiger partial charge < -0.3 is 10.1 Å². The van der Waals surface area contributed by atoms with Crippen LogP contribution in [-0.2, 0) is 9.59 Å². The number of nitrogens with zero attached hydrogens (tertiary/aromatic N) is 2. The van der Waals surface area contributed by atoms with Crippen LogP contribution < -0.4 is 5.56 Å². The SMILES string of the molecule is O=C(O)CCC(=O)N1N=C(c2c(-c3ccc(Cl)cc3)c3cc(F)ccc3[nH]c2=O)CC1c1ccc(Cl)cc1. The summed E-state index contributed by atoms with van der Waals surface area (Å²) in [6.07, 6.45) is -0.455. The van der Waals surface area contributed by atoms with Crippen molar-refractivity contribution in [1.29, 1.82) is 0 Å². The summed E-state index contributed by atoms with van der Waals surface area (Å²) in [5.41, 5.74) is 2.27. The zero-order valence-corrected chi connectivity index (χ0v) is 21.3. The third-order valence-electron chi connectivity index (χ3n) is 6.37. The highest BCUT2D eigenvalue weighted by atomic mass is 35.5. The lowest BCUT2D eigenvalue weighted by Crippen LogP contribution is -2.27. The Morgan fingerprint density at radius 2 is 1.63 bits per heavy atom. The summed E-state index contributed by atoms with van der Waals surface area (Å²) < 4.78 is 14.4. The number of aromatic amines is 1. The van der Waals surface area contributed by atoms with E-state index in [9.17, 15) is 18.8 Å². The topological polar surface area (TPSA) is 103 Å². The molecular formula is C28H20Cl2FN3O4. The molecule has 0 radical (unpaired) electrons. The van der Waals surface area contributed by atoms with Crippen LogP contribution in [0.15, 0.2) is 76.6 Å². The van der Waals surface area contributed by atoms with Gasteiger partial charge in [0.1, 0.15) is 5.82 Å². The molecule has 0 saturated carbocycles. The fourth-order valence-electron chi connectivity index (χ4n) is 4.62. The summed E-state index contributed by atoms with van der Waals surface area (Å²) in [5.74, 6) is -2.09. The van der Waals surface area contributed by atoms with Crippen LogP contribution in [0, 0.1) is 5.82 Å². The lowest BCUT2D eigenvalue weighted by Gasteiger charge is -2.22. The number of halogens is 3. The molecule has 1 amide bonds. The number of H-pyrrole nitrogens is 1. The van der Waals surface area contributed by atoms with Gasteiger partial charge in [-0.25, -0.2) is 9.40 Å². The lowest BCUT2D eigenvalue weighted by atomic mass is 9.91. The Morgan fingerprint density at radius 3 is 2.29 bits per heavy atom. The lowest BCUT2D eigenvalue weighted by molar-refractivity contribution is -0.141. The van der Waals surface area contributed by atoms with E-state index in [1.165, 1.54) is 23.2 Å². The van der Waals surface area contributed by atoms with Crippen molar-refractivity contribution in [2.45, 2.75) is 25.3 Å². The van der Waals surface area contributed by atoms with E-state index in [1.807, 2.05) is 0 Å². The Kier molecular flexibility index (Phi) is 7.01. The maximum atomic E-state index is 14.4. The zero-order chi connectivity index (χ0) is 27.0. The first-order chi connectivity index (χ1) is 18.2. The van der Waals surface area contributed by atoms with Crippen molar-refractivity contribution in [2.75, 3.05) is 0 Å². The van der Waals surface area contributed by atoms with Gasteiger partial charge in [-0.2, -0.15) is 5.10 Å². The summed E-state index contributed by atoms with van der Waals surface area (Å²) in [6.45, 7) is 0. The maximum absolute atomic E-state index is 14.4. The Labute approximate surface area is 226 Å². The number of carbonyl (C=O) groups is 2. The Bertz CT molecular complexity index is 1650. The van der Waals surface area contributed by atoms with E-state index in [4.69, 9.17) is 28.3 Å². The average Bonchev–Trinajstić information content (AvgIpc) is 3.33. The van der Waals surface area contributed by atoms with Crippen LogP contribution in [0.1, 0.15) is 36.4 Å². The number of carboxylic acids is 1. The number of rotatable bonds is 6. The van der Waals surface area contributed by atoms with Gasteiger partial charge in [0.15, 0.2) is 0 Å². The van der Waals surface area contributed by atoms with Gasteiger partial charge in [0.25, 0.3) is 5.56 Å². The van der Waals surface area contributed by atoms with Crippen LogP contribution in [0.25, 0.3) is 22.0 Å². The molecule has 38 heavy (non-hydrogen) atoms. The number of nitrogens with one attached hydrogen (secondary N) is 1. The molecule has 4 aromatic rings. The standard InChI is InChI=1S/C28H20Cl2FN3O4/c29-17-5-1-15(2-6-17)23-14-22(33-34(23)24(35)11-12-25(36)37)27-26(16-3-7-18(30)8-4-16)20-13-19(31)9-10-21(20)32-28(27)38/h1-10,13,23H,11-12,14H2,(H,32,38)(H,36,37). The van der Waals surface area contributed by atoms with E-state index in [-0.39, 0.29) is 24.8 Å². The molecule has 0 fully saturated rings. The summed E-state index contributed by atoms with van der Waals surface area (Å²) >= 11 is 12.2. The minimum Gasteiger partial charge on any atom is -0.481 e. The molecule has 192 valence electrons. The van der Waals surface area contributed by atoms with E-state index in [0.29, 0.717) is 43.4 Å². The van der Waals surface area contributed by atoms with E-state index in [0.717, 1.165) is 0 Å². The minimum atomic E-state index is -1.11. The van der Waals surface area contributed by atoms with E-state index in [1.54, 1.807) is 48.5 Å². The number of aliphatic carboxylic acids is 1. The van der Waals surface area contributed by atoms with Gasteiger partial charge in [0, 0.05) is 39.4 Å². The summed E-state index contributed by atoms with van der Waals surface area (Å²) in [4.78, 5) is 40.5. The number of carboxylic acid groups (broad SMARTS) is 1. The maximum Gasteiger partial charge on any atom is 0.303 e. The molecule has 3 aromatic carbocycles. The van der Waals surface area contributed by atoms with Crippen molar-refractivity contribution in [1.82, 2.24) is 9.99 Å². The number of hydrogen-bond acceptors (Lipinski definition) is 4. The van der Waals surface area contributed by atoms with Gasteiger partial charge in [-0.15, -0.1) is 0 Å². The summed E-state index contributed by atoms with van der Waals surface area (Å²) in [6, 6.07) is 17.2. The van der Waals surface area contributed by atoms with Crippen molar-refractivity contribution >= 4 is 51.7 Å². The molecule has 7 nitrogen and oxygen atoms in total. The van der Waals surface area contributed by atoms with Crippen molar-refractivity contribution in [3.8, 4) is 11.1 Å². The quantitative estimate of drug-likeness (QED) is 0.298. The molecule has 1 aliphatic rings. The highest BCUT2D eigenvalue weighted by Crippen LogP contribution is 2.38. The normalized spacial score (nSPS) is 15.1. The van der Waals surface area contributed by atoms with E-state index < -0.39 is 29.3 Å². The molecule has 0 saturated heterocycles. The number of pyridine rings is 1. The monoisotopic (exact) mass is 551 g/mol. The van der Waals surface area contributed by atoms with Crippen LogP contribution in [0.2, 0.25) is 10.0 Å². The fraction of sp³-hybridized carbons (Fsp3) is 0.143. The smallest absolute Gasteiger partial charge is 0.303 e. The number of carbonyl (C=O) groups excluding carboxylic acids is 1. The molecule has 1 aliphatic heterocycles. The molecule has 1 aromatic heterocycles. The van der Waals surface area contributed by atoms with E-state index in [2.05, 4.69) is 10.1 Å². The van der Waals surface area contributed by atoms with Gasteiger partial charge in [-0.3, -0.25) is 14.4 Å². The second kappa shape index (κ2) is 10.4. The number of hydrazone groups is 1. The predicted molar refractivity (Wildman–Crippen MR) is 144 cm³/mol. The molecule has 10 heteroatoms. The van der Waals surface area contributed by atoms with Crippen molar-refractivity contribution in [3.63, 3.8) is 0 Å². The van der Waals surface area contributed by atoms with Crippen LogP contribution >= 0.6 is 23.2 Å². The molecule has 0 spiro atoms. The Balaban J connectivity index is 1.70. The Morgan fingerprint density at radius 1 is 0.974 bits per heavy atom. The molecule has 2 heterocycles. The number of hydrogen-bond donors (Lipinski definition) is 2. The molecule has 0 aliphatic carbocycles. The van der Waals surface area contributed by atoms with Crippen molar-refractivity contribution < 1.29 is 19.1 Å². The Hall–Kier alpha value is -4.01. The van der Waals surface area contributed by atoms with Crippen LogP contribution in [0.4, 0.5) is 4.39 Å². The predicted octanol–water partition coefficient (Wildman–Crippen LogP) is 6.18. The molecule has 1 unspecified atom stereocenters. The molecule has 2 N–H and O–H groups in total. The molecule has 5 rings (SSSR count). The number of fused-ring (bicyclic) bond motifs is 1. The van der Waals surface area contributed by atoms with Crippen LogP contribution in [0.5, 0.6) is 0 Å². The molecule has 1 atom stereocenters. The highest BCUT2D eigenvalue weighted by molar-refractivity contribution is 6.31. The average molecular weight is 552 g/mol. The van der Waals surface area contributed by atoms with Gasteiger partial charge >= 0.3 is 5.97 Å². The minimum absolute atomic E-state index is 0.172. The van der Waals surface area contributed by atoms with Gasteiger partial charge in [-0.1, -0.05) is 47.5 Å². The third-order valence-corrected chi connectivity index (χ3v) is 6.88. The van der Waals surface area contributed by atoms with Crippen molar-refractivity contribution in [2.24, 2.45) is 5.10 Å². The summed E-state index contributed by atoms with van der Waals surface area (Å²) in [5, 5.41) is 16.3. The van der Waals surface area contributed by atoms with Gasteiger partial charge in [0.05, 0.1) is 23.7 Å². The fourth-order valence-corrected chi connectivity index (χ4v) is 4.87. The number of amides is 1. The third kappa shape index (κ3) is 5.05. The highest BCUT2D eigenvalue weighted by Gasteiger charge is 2.35. The largest absolute Gasteiger partial charge is 0.481 e. The first-order valence-corrected chi connectivity index (χ1v) is 12.5. The number of benzene rings is 3. The second-order valence-electron chi connectivity index (χ2n) is 8.85. The molecule has 0 bridgehead atoms. The first-order valence-electron chi connectivity index (χ1n) is 11.7. The molecular weight excluding hydrogens is 532 g/mol. The van der Waals surface area contributed by atoms with E-state index >= 15 is 0 Å². The van der Waals surface area contributed by atoms with Gasteiger partial charge in [0.2, 0.25) is 5.91 Å². The summed E-state index contributed by atoms with van der Waals surface area (Å²) in [7, 11) is 0. The van der Waals surface area contributed by atoms with Crippen molar-refractivity contribution in [3.05, 3.63) is 104 Å². The van der Waals surface area contributed by atoms with Gasteiger partial charge in [-0.05, 0) is 53.6 Å². The number of aromatic nitrogens is 1. The first kappa shape index (κ1) is 25.6. The van der Waals surface area contributed by atoms with Crippen LogP contribution in [-0.4, -0.2) is 32.7 Å².